The van der Waals surface area contributed by atoms with Crippen molar-refractivity contribution in [2.75, 3.05) is 0 Å². The van der Waals surface area contributed by atoms with Gasteiger partial charge < -0.3 is 9.52 Å². The van der Waals surface area contributed by atoms with E-state index < -0.39 is 6.10 Å². The maximum absolute atomic E-state index is 8.91. The Labute approximate surface area is 53.3 Å². The lowest BCUT2D eigenvalue weighted by atomic mass is 10.3. The summed E-state index contributed by atoms with van der Waals surface area (Å²) in [5, 5.41) is 8.91. The summed E-state index contributed by atoms with van der Waals surface area (Å²) >= 11 is 0. The van der Waals surface area contributed by atoms with E-state index in [2.05, 4.69) is 4.98 Å². The molecule has 1 atom stereocenters. The fraction of sp³-hybridized carbons (Fsp3) is 0.500. The van der Waals surface area contributed by atoms with Gasteiger partial charge in [0.2, 0.25) is 0 Å². The van der Waals surface area contributed by atoms with Crippen LogP contribution in [0.2, 0.25) is 0 Å². The van der Waals surface area contributed by atoms with Gasteiger partial charge in [0, 0.05) is 6.92 Å². The van der Waals surface area contributed by atoms with Crippen molar-refractivity contribution in [1.82, 2.24) is 4.98 Å². The fourth-order valence-electron chi connectivity index (χ4n) is 0.572. The zero-order valence-electron chi connectivity index (χ0n) is 5.46. The molecule has 1 heterocycles. The van der Waals surface area contributed by atoms with Crippen molar-refractivity contribution >= 4 is 0 Å². The lowest BCUT2D eigenvalue weighted by Gasteiger charge is -1.92. The maximum atomic E-state index is 8.91. The highest BCUT2D eigenvalue weighted by atomic mass is 16.3. The summed E-state index contributed by atoms with van der Waals surface area (Å²) in [6, 6.07) is 0. The van der Waals surface area contributed by atoms with Gasteiger partial charge >= 0.3 is 0 Å². The first-order valence-electron chi connectivity index (χ1n) is 2.80. The van der Waals surface area contributed by atoms with Gasteiger partial charge in [-0.05, 0) is 6.92 Å². The third-order valence-corrected chi connectivity index (χ3v) is 1.06. The molecular formula is C6H9NO2. The van der Waals surface area contributed by atoms with E-state index in [0.29, 0.717) is 11.6 Å². The van der Waals surface area contributed by atoms with Gasteiger partial charge in [-0.3, -0.25) is 0 Å². The number of oxazole rings is 1. The highest BCUT2D eigenvalue weighted by Gasteiger charge is 2.03. The summed E-state index contributed by atoms with van der Waals surface area (Å²) in [7, 11) is 0. The first-order chi connectivity index (χ1) is 4.20. The van der Waals surface area contributed by atoms with Gasteiger partial charge in [-0.25, -0.2) is 4.98 Å². The van der Waals surface area contributed by atoms with Crippen LogP contribution < -0.4 is 0 Å². The van der Waals surface area contributed by atoms with E-state index in [4.69, 9.17) is 9.52 Å². The number of aliphatic hydroxyl groups is 1. The average Bonchev–Trinajstić information content (AvgIpc) is 2.14. The molecule has 0 aliphatic rings. The van der Waals surface area contributed by atoms with E-state index in [0.717, 1.165) is 0 Å². The van der Waals surface area contributed by atoms with Gasteiger partial charge in [-0.2, -0.15) is 0 Å². The Morgan fingerprint density at radius 1 is 1.78 bits per heavy atom. The van der Waals surface area contributed by atoms with Crippen LogP contribution in [0.5, 0.6) is 0 Å². The van der Waals surface area contributed by atoms with Crippen LogP contribution in [-0.4, -0.2) is 10.1 Å². The SMILES string of the molecule is Cc1nc(C(C)O)co1. The Balaban J connectivity index is 2.85. The van der Waals surface area contributed by atoms with Crippen LogP contribution in [0.3, 0.4) is 0 Å². The Kier molecular flexibility index (Phi) is 1.53. The molecule has 1 aromatic heterocycles. The number of aryl methyl sites for hydroxylation is 1. The third kappa shape index (κ3) is 1.29. The van der Waals surface area contributed by atoms with Crippen molar-refractivity contribution in [2.45, 2.75) is 20.0 Å². The largest absolute Gasteiger partial charge is 0.449 e. The number of rotatable bonds is 1. The number of aliphatic hydroxyl groups excluding tert-OH is 1. The number of aromatic nitrogens is 1. The molecule has 1 rings (SSSR count). The maximum Gasteiger partial charge on any atom is 0.191 e. The minimum absolute atomic E-state index is 0.526. The van der Waals surface area contributed by atoms with E-state index in [1.807, 2.05) is 0 Å². The Bertz CT molecular complexity index is 193. The van der Waals surface area contributed by atoms with E-state index in [9.17, 15) is 0 Å². The van der Waals surface area contributed by atoms with Crippen LogP contribution in [0.15, 0.2) is 10.7 Å². The molecule has 0 aliphatic heterocycles. The normalized spacial score (nSPS) is 13.7. The zero-order valence-corrected chi connectivity index (χ0v) is 5.46. The second-order valence-corrected chi connectivity index (χ2v) is 1.97. The summed E-state index contributed by atoms with van der Waals surface area (Å²) in [5.74, 6) is 0.589. The molecule has 0 aromatic carbocycles. The monoisotopic (exact) mass is 127 g/mol. The van der Waals surface area contributed by atoms with Gasteiger partial charge in [0.15, 0.2) is 5.89 Å². The van der Waals surface area contributed by atoms with Crippen LogP contribution in [0.25, 0.3) is 0 Å². The fourth-order valence-corrected chi connectivity index (χ4v) is 0.572. The van der Waals surface area contributed by atoms with Crippen molar-refractivity contribution in [3.63, 3.8) is 0 Å². The molecule has 0 amide bonds. The molecule has 0 saturated heterocycles. The standard InChI is InChI=1S/C6H9NO2/c1-4(8)6-3-9-5(2)7-6/h3-4,8H,1-2H3. The molecule has 0 radical (unpaired) electrons. The summed E-state index contributed by atoms with van der Waals surface area (Å²) < 4.78 is 4.85. The van der Waals surface area contributed by atoms with Gasteiger partial charge in [-0.1, -0.05) is 0 Å². The van der Waals surface area contributed by atoms with Crippen LogP contribution in [0.4, 0.5) is 0 Å². The average molecular weight is 127 g/mol. The van der Waals surface area contributed by atoms with Gasteiger partial charge in [0.05, 0.1) is 6.10 Å². The Hall–Kier alpha value is -0.830. The van der Waals surface area contributed by atoms with Crippen molar-refractivity contribution in [3.8, 4) is 0 Å². The van der Waals surface area contributed by atoms with Crippen LogP contribution in [0, 0.1) is 6.92 Å². The zero-order chi connectivity index (χ0) is 6.85. The molecule has 0 fully saturated rings. The first kappa shape index (κ1) is 6.29. The van der Waals surface area contributed by atoms with Crippen LogP contribution >= 0.6 is 0 Å². The molecule has 0 bridgehead atoms. The molecule has 0 aliphatic carbocycles. The van der Waals surface area contributed by atoms with E-state index in [1.165, 1.54) is 6.26 Å². The summed E-state index contributed by atoms with van der Waals surface area (Å²) in [5.41, 5.74) is 0.590. The minimum Gasteiger partial charge on any atom is -0.449 e. The molecule has 3 nitrogen and oxygen atoms in total. The summed E-state index contributed by atoms with van der Waals surface area (Å²) in [6.07, 6.45) is 0.933. The molecule has 1 unspecified atom stereocenters. The van der Waals surface area contributed by atoms with Gasteiger partial charge in [0.25, 0.3) is 0 Å². The summed E-state index contributed by atoms with van der Waals surface area (Å²) in [4.78, 5) is 3.89. The quantitative estimate of drug-likeness (QED) is 0.613. The summed E-state index contributed by atoms with van der Waals surface area (Å²) in [6.45, 7) is 3.39. The molecule has 1 N–H and O–H groups in total. The molecular weight excluding hydrogens is 118 g/mol. The molecule has 0 spiro atoms. The predicted octanol–water partition coefficient (Wildman–Crippen LogP) is 1.04. The molecule has 3 heteroatoms. The number of hydrogen-bond donors (Lipinski definition) is 1. The lowest BCUT2D eigenvalue weighted by Crippen LogP contribution is -1.89. The predicted molar refractivity (Wildman–Crippen MR) is 31.9 cm³/mol. The van der Waals surface area contributed by atoms with E-state index in [-0.39, 0.29) is 0 Å². The topological polar surface area (TPSA) is 46.3 Å². The highest BCUT2D eigenvalue weighted by Crippen LogP contribution is 2.09. The smallest absolute Gasteiger partial charge is 0.191 e. The van der Waals surface area contributed by atoms with Gasteiger partial charge in [-0.15, -0.1) is 0 Å². The molecule has 0 saturated carbocycles. The van der Waals surface area contributed by atoms with Crippen molar-refractivity contribution < 1.29 is 9.52 Å². The number of nitrogens with zero attached hydrogens (tertiary/aromatic N) is 1. The molecule has 9 heavy (non-hydrogen) atoms. The van der Waals surface area contributed by atoms with Crippen molar-refractivity contribution in [3.05, 3.63) is 17.8 Å². The van der Waals surface area contributed by atoms with Crippen LogP contribution in [-0.2, 0) is 0 Å². The number of hydrogen-bond acceptors (Lipinski definition) is 3. The third-order valence-electron chi connectivity index (χ3n) is 1.06. The first-order valence-corrected chi connectivity index (χ1v) is 2.80. The van der Waals surface area contributed by atoms with E-state index >= 15 is 0 Å². The van der Waals surface area contributed by atoms with Crippen LogP contribution in [0.1, 0.15) is 24.6 Å². The van der Waals surface area contributed by atoms with Gasteiger partial charge in [0.1, 0.15) is 12.0 Å². The van der Waals surface area contributed by atoms with Crippen molar-refractivity contribution in [2.24, 2.45) is 0 Å². The van der Waals surface area contributed by atoms with E-state index in [1.54, 1.807) is 13.8 Å². The molecule has 1 aromatic rings. The Morgan fingerprint density at radius 2 is 2.44 bits per heavy atom. The Morgan fingerprint density at radius 3 is 2.67 bits per heavy atom. The minimum atomic E-state index is -0.526. The van der Waals surface area contributed by atoms with Crippen molar-refractivity contribution in [1.29, 1.82) is 0 Å². The lowest BCUT2D eigenvalue weighted by molar-refractivity contribution is 0.194. The second-order valence-electron chi connectivity index (χ2n) is 1.97. The molecule has 50 valence electrons. The second kappa shape index (κ2) is 2.19. The highest BCUT2D eigenvalue weighted by molar-refractivity contribution is 4.97.